The van der Waals surface area contributed by atoms with E-state index in [2.05, 4.69) is 16.4 Å². The van der Waals surface area contributed by atoms with Crippen molar-refractivity contribution in [3.05, 3.63) is 24.5 Å². The lowest BCUT2D eigenvalue weighted by Crippen LogP contribution is -2.08. The summed E-state index contributed by atoms with van der Waals surface area (Å²) in [5.41, 5.74) is 0.371. The van der Waals surface area contributed by atoms with Gasteiger partial charge in [0.15, 0.2) is 5.78 Å². The Morgan fingerprint density at radius 1 is 1.71 bits per heavy atom. The molecule has 1 heterocycles. The summed E-state index contributed by atoms with van der Waals surface area (Å²) in [5.74, 6) is -0.869. The number of esters is 1. The molecule has 0 radical (unpaired) electrons. The minimum atomic E-state index is -0.554. The molecule has 74 valence electrons. The van der Waals surface area contributed by atoms with Gasteiger partial charge < -0.3 is 4.74 Å². The number of Topliss-reactive ketones (excluding diaryl/α,β-unsaturated/α-hetero) is 1. The lowest BCUT2D eigenvalue weighted by Gasteiger charge is -1.95. The first-order valence-corrected chi connectivity index (χ1v) is 3.94. The van der Waals surface area contributed by atoms with Gasteiger partial charge in [0.2, 0.25) is 0 Å². The number of carbonyl (C=O) groups excluding carboxylic acids is 2. The van der Waals surface area contributed by atoms with Crippen LogP contribution in [-0.2, 0) is 9.53 Å². The van der Waals surface area contributed by atoms with Crippen molar-refractivity contribution < 1.29 is 14.3 Å². The lowest BCUT2D eigenvalue weighted by molar-refractivity contribution is -0.139. The van der Waals surface area contributed by atoms with Crippen molar-refractivity contribution in [3.8, 4) is 0 Å². The average Bonchev–Trinajstić information content (AvgIpc) is 2.65. The summed E-state index contributed by atoms with van der Waals surface area (Å²) in [6, 6.07) is 0. The predicted molar refractivity (Wildman–Crippen MR) is 49.6 cm³/mol. The van der Waals surface area contributed by atoms with E-state index in [-0.39, 0.29) is 12.2 Å². The summed E-state index contributed by atoms with van der Waals surface area (Å²) in [5, 5.41) is 3.81. The molecule has 0 fully saturated rings. The molecule has 0 aliphatic heterocycles. The van der Waals surface area contributed by atoms with Crippen molar-refractivity contribution in [2.75, 3.05) is 7.11 Å². The highest BCUT2D eigenvalue weighted by Gasteiger charge is 2.13. The number of rotatable bonds is 4. The molecule has 0 atom stereocenters. The fourth-order valence-corrected chi connectivity index (χ4v) is 0.887. The molecule has 1 rings (SSSR count). The van der Waals surface area contributed by atoms with E-state index in [4.69, 9.17) is 0 Å². The smallest absolute Gasteiger partial charge is 0.313 e. The van der Waals surface area contributed by atoms with E-state index in [0.717, 1.165) is 0 Å². The van der Waals surface area contributed by atoms with Crippen molar-refractivity contribution in [2.45, 2.75) is 6.42 Å². The first-order chi connectivity index (χ1) is 6.67. The Balaban J connectivity index is 2.69. The monoisotopic (exact) mass is 194 g/mol. The van der Waals surface area contributed by atoms with Crippen LogP contribution in [0.1, 0.15) is 16.8 Å². The van der Waals surface area contributed by atoms with Gasteiger partial charge in [-0.1, -0.05) is 6.58 Å². The third-order valence-corrected chi connectivity index (χ3v) is 1.64. The minimum Gasteiger partial charge on any atom is -0.469 e. The van der Waals surface area contributed by atoms with Gasteiger partial charge in [-0.15, -0.1) is 0 Å². The van der Waals surface area contributed by atoms with Gasteiger partial charge in [0.1, 0.15) is 6.42 Å². The van der Waals surface area contributed by atoms with Crippen molar-refractivity contribution >= 4 is 18.0 Å². The molecule has 0 aliphatic rings. The van der Waals surface area contributed by atoms with Crippen LogP contribution < -0.4 is 0 Å². The Hall–Kier alpha value is -1.91. The van der Waals surface area contributed by atoms with E-state index in [9.17, 15) is 9.59 Å². The molecule has 1 aromatic heterocycles. The number of hydrogen-bond acceptors (Lipinski definition) is 4. The lowest BCUT2D eigenvalue weighted by atomic mass is 10.2. The molecule has 14 heavy (non-hydrogen) atoms. The molecular weight excluding hydrogens is 184 g/mol. The second kappa shape index (κ2) is 4.36. The van der Waals surface area contributed by atoms with Crippen LogP contribution >= 0.6 is 0 Å². The van der Waals surface area contributed by atoms with Crippen LogP contribution in [0.4, 0.5) is 0 Å². The Morgan fingerprint density at radius 3 is 2.93 bits per heavy atom. The van der Waals surface area contributed by atoms with Gasteiger partial charge >= 0.3 is 5.97 Å². The number of hydrogen-bond donors (Lipinski definition) is 0. The Labute approximate surface area is 81.0 Å². The number of ether oxygens (including phenoxy) is 1. The third kappa shape index (κ3) is 2.29. The van der Waals surface area contributed by atoms with E-state index in [1.165, 1.54) is 30.4 Å². The summed E-state index contributed by atoms with van der Waals surface area (Å²) in [4.78, 5) is 22.1. The first kappa shape index (κ1) is 10.2. The highest BCUT2D eigenvalue weighted by molar-refractivity contribution is 6.05. The summed E-state index contributed by atoms with van der Waals surface area (Å²) in [7, 11) is 1.24. The van der Waals surface area contributed by atoms with Gasteiger partial charge in [0.25, 0.3) is 0 Å². The molecule has 0 saturated heterocycles. The molecule has 1 aromatic rings. The Kier molecular flexibility index (Phi) is 3.17. The summed E-state index contributed by atoms with van der Waals surface area (Å²) < 4.78 is 5.76. The number of aromatic nitrogens is 2. The molecule has 0 spiro atoms. The largest absolute Gasteiger partial charge is 0.469 e. The van der Waals surface area contributed by atoms with Crippen LogP contribution in [0.5, 0.6) is 0 Å². The van der Waals surface area contributed by atoms with Crippen LogP contribution in [0.2, 0.25) is 0 Å². The molecule has 0 bridgehead atoms. The Morgan fingerprint density at radius 2 is 2.43 bits per heavy atom. The zero-order chi connectivity index (χ0) is 10.6. The normalized spacial score (nSPS) is 9.50. The van der Waals surface area contributed by atoms with Crippen molar-refractivity contribution in [2.24, 2.45) is 0 Å². The maximum Gasteiger partial charge on any atom is 0.313 e. The van der Waals surface area contributed by atoms with Gasteiger partial charge in [-0.05, 0) is 0 Å². The van der Waals surface area contributed by atoms with Crippen LogP contribution in [0, 0.1) is 0 Å². The maximum atomic E-state index is 11.4. The standard InChI is InChI=1S/C9H10N2O3/c1-3-11-6-7(5-10-11)8(12)4-9(13)14-2/h3,5-6H,1,4H2,2H3. The molecule has 0 aliphatic carbocycles. The van der Waals surface area contributed by atoms with Crippen LogP contribution in [-0.4, -0.2) is 28.6 Å². The SMILES string of the molecule is C=Cn1cc(C(=O)CC(=O)OC)cn1. The number of carbonyl (C=O) groups is 2. The van der Waals surface area contributed by atoms with E-state index >= 15 is 0 Å². The highest BCUT2D eigenvalue weighted by atomic mass is 16.5. The molecule has 0 aromatic carbocycles. The zero-order valence-electron chi connectivity index (χ0n) is 7.77. The molecule has 0 unspecified atom stereocenters. The van der Waals surface area contributed by atoms with Crippen molar-refractivity contribution in [1.82, 2.24) is 9.78 Å². The molecular formula is C9H10N2O3. The number of methoxy groups -OCH3 is 1. The van der Waals surface area contributed by atoms with E-state index in [0.29, 0.717) is 5.56 Å². The first-order valence-electron chi connectivity index (χ1n) is 3.94. The summed E-state index contributed by atoms with van der Waals surface area (Å²) >= 11 is 0. The second-order valence-electron chi connectivity index (χ2n) is 2.57. The molecule has 5 nitrogen and oxygen atoms in total. The maximum absolute atomic E-state index is 11.4. The van der Waals surface area contributed by atoms with Gasteiger partial charge in [0.05, 0.1) is 18.9 Å². The van der Waals surface area contributed by atoms with Gasteiger partial charge in [-0.2, -0.15) is 5.10 Å². The minimum absolute atomic E-state index is 0.265. The van der Waals surface area contributed by atoms with E-state index in [1.54, 1.807) is 0 Å². The van der Waals surface area contributed by atoms with Gasteiger partial charge in [-0.3, -0.25) is 9.59 Å². The van der Waals surface area contributed by atoms with E-state index < -0.39 is 5.97 Å². The highest BCUT2D eigenvalue weighted by Crippen LogP contribution is 2.03. The summed E-state index contributed by atoms with van der Waals surface area (Å²) in [6.07, 6.45) is 4.07. The topological polar surface area (TPSA) is 61.2 Å². The average molecular weight is 194 g/mol. The quantitative estimate of drug-likeness (QED) is 0.402. The Bertz CT molecular complexity index is 368. The van der Waals surface area contributed by atoms with Crippen LogP contribution in [0.15, 0.2) is 19.0 Å². The van der Waals surface area contributed by atoms with E-state index in [1.807, 2.05) is 0 Å². The predicted octanol–water partition coefficient (Wildman–Crippen LogP) is 0.729. The fraction of sp³-hybridized carbons (Fsp3) is 0.222. The van der Waals surface area contributed by atoms with Crippen molar-refractivity contribution in [3.63, 3.8) is 0 Å². The van der Waals surface area contributed by atoms with Crippen molar-refractivity contribution in [1.29, 1.82) is 0 Å². The van der Waals surface area contributed by atoms with Crippen LogP contribution in [0.3, 0.4) is 0 Å². The van der Waals surface area contributed by atoms with Gasteiger partial charge in [-0.25, -0.2) is 4.68 Å². The summed E-state index contributed by atoms with van der Waals surface area (Å²) in [6.45, 7) is 3.48. The zero-order valence-corrected chi connectivity index (χ0v) is 7.77. The second-order valence-corrected chi connectivity index (χ2v) is 2.57. The van der Waals surface area contributed by atoms with Crippen LogP contribution in [0.25, 0.3) is 6.20 Å². The molecule has 0 N–H and O–H groups in total. The number of nitrogens with zero attached hydrogens (tertiary/aromatic N) is 2. The van der Waals surface area contributed by atoms with Gasteiger partial charge in [0, 0.05) is 12.4 Å². The number of ketones is 1. The molecule has 5 heteroatoms. The molecule has 0 saturated carbocycles. The third-order valence-electron chi connectivity index (χ3n) is 1.64. The fourth-order valence-electron chi connectivity index (χ4n) is 0.887. The molecule has 0 amide bonds.